The van der Waals surface area contributed by atoms with Crippen LogP contribution in [0.2, 0.25) is 10.0 Å². The number of aromatic amines is 1. The molecule has 3 heterocycles. The minimum Gasteiger partial charge on any atom is -0.390 e. The average Bonchev–Trinajstić information content (AvgIpc) is 3.18. The molecule has 3 aromatic rings. The number of H-pyrrole nitrogens is 1. The number of halogens is 5. The van der Waals surface area contributed by atoms with Gasteiger partial charge in [0, 0.05) is 28.4 Å². The Labute approximate surface area is 201 Å². The molecule has 4 rings (SSSR count). The molecule has 7 nitrogen and oxygen atoms in total. The first-order chi connectivity index (χ1) is 15.9. The van der Waals surface area contributed by atoms with Gasteiger partial charge in [-0.2, -0.15) is 13.2 Å². The molecule has 34 heavy (non-hydrogen) atoms. The van der Waals surface area contributed by atoms with Crippen molar-refractivity contribution in [3.63, 3.8) is 0 Å². The maximum absolute atomic E-state index is 13.5. The van der Waals surface area contributed by atoms with E-state index in [1.54, 1.807) is 19.9 Å². The van der Waals surface area contributed by atoms with Crippen LogP contribution in [0.4, 0.5) is 13.2 Å². The van der Waals surface area contributed by atoms with E-state index in [0.717, 1.165) is 0 Å². The maximum atomic E-state index is 13.5. The zero-order chi connectivity index (χ0) is 24.9. The topological polar surface area (TPSA) is 99.4 Å². The van der Waals surface area contributed by atoms with Crippen LogP contribution in [0.15, 0.2) is 21.5 Å². The molecule has 2 aromatic heterocycles. The van der Waals surface area contributed by atoms with E-state index in [9.17, 15) is 27.9 Å². The van der Waals surface area contributed by atoms with Crippen molar-refractivity contribution in [1.82, 2.24) is 15.0 Å². The van der Waals surface area contributed by atoms with Crippen LogP contribution in [0.1, 0.15) is 44.2 Å². The Bertz CT molecular complexity index is 1360. The van der Waals surface area contributed by atoms with Gasteiger partial charge in [-0.25, -0.2) is 0 Å². The van der Waals surface area contributed by atoms with Gasteiger partial charge in [0.15, 0.2) is 0 Å². The average molecular weight is 516 g/mol. The summed E-state index contributed by atoms with van der Waals surface area (Å²) in [6.07, 6.45) is -4.65. The Morgan fingerprint density at radius 3 is 2.53 bits per heavy atom. The SMILES string of the molecule is Cc1cc(C)c(CN2CCc3c(Cl)cc(-c4c(CO)noc4C(F)(F)F)c(Cl)c3C2=O)c(=O)[nH]1. The Kier molecular flexibility index (Phi) is 6.26. The largest absolute Gasteiger partial charge is 0.453 e. The van der Waals surface area contributed by atoms with Gasteiger partial charge in [-0.15, -0.1) is 0 Å². The third-order valence-corrected chi connectivity index (χ3v) is 6.46. The highest BCUT2D eigenvalue weighted by atomic mass is 35.5. The van der Waals surface area contributed by atoms with Crippen LogP contribution in [0.3, 0.4) is 0 Å². The molecule has 180 valence electrons. The molecule has 0 saturated carbocycles. The highest BCUT2D eigenvalue weighted by molar-refractivity contribution is 6.39. The molecule has 1 amide bonds. The minimum absolute atomic E-state index is 0.0130. The summed E-state index contributed by atoms with van der Waals surface area (Å²) in [7, 11) is 0. The molecule has 0 fully saturated rings. The maximum Gasteiger partial charge on any atom is 0.453 e. The predicted octanol–water partition coefficient (Wildman–Crippen LogP) is 4.66. The van der Waals surface area contributed by atoms with E-state index in [1.807, 2.05) is 0 Å². The summed E-state index contributed by atoms with van der Waals surface area (Å²) >= 11 is 12.9. The van der Waals surface area contributed by atoms with Gasteiger partial charge in [0.1, 0.15) is 5.69 Å². The number of aliphatic hydroxyl groups is 1. The van der Waals surface area contributed by atoms with E-state index < -0.39 is 35.7 Å². The summed E-state index contributed by atoms with van der Waals surface area (Å²) in [5.41, 5.74) is 0.550. The fraction of sp³-hybridized carbons (Fsp3) is 0.318. The van der Waals surface area contributed by atoms with Crippen LogP contribution in [0, 0.1) is 13.8 Å². The van der Waals surface area contributed by atoms with Crippen LogP contribution in [-0.4, -0.2) is 32.6 Å². The third-order valence-electron chi connectivity index (χ3n) is 5.73. The van der Waals surface area contributed by atoms with Crippen molar-refractivity contribution < 1.29 is 27.6 Å². The summed E-state index contributed by atoms with van der Waals surface area (Å²) in [4.78, 5) is 29.9. The number of benzene rings is 1. The lowest BCUT2D eigenvalue weighted by Gasteiger charge is -2.30. The molecular formula is C22H18Cl2F3N3O4. The number of aryl methyl sites for hydroxylation is 2. The van der Waals surface area contributed by atoms with Gasteiger partial charge < -0.3 is 19.5 Å². The van der Waals surface area contributed by atoms with Gasteiger partial charge in [-0.05, 0) is 43.5 Å². The van der Waals surface area contributed by atoms with E-state index in [4.69, 9.17) is 23.2 Å². The monoisotopic (exact) mass is 515 g/mol. The standard InChI is InChI=1S/C22H18Cl2F3N3O4/c1-9-5-10(2)28-20(32)13(9)7-30-4-3-11-14(23)6-12(18(24)17(11)21(30)33)16-15(8-31)29-34-19(16)22(25,26)27/h5-6,31H,3-4,7-8H2,1-2H3,(H,28,32). The van der Waals surface area contributed by atoms with Gasteiger partial charge >= 0.3 is 6.18 Å². The van der Waals surface area contributed by atoms with E-state index in [-0.39, 0.29) is 46.2 Å². The summed E-state index contributed by atoms with van der Waals surface area (Å²) in [5, 5.41) is 12.6. The first kappa shape index (κ1) is 24.3. The molecule has 0 bridgehead atoms. The fourth-order valence-electron chi connectivity index (χ4n) is 4.14. The van der Waals surface area contributed by atoms with Crippen molar-refractivity contribution in [3.05, 3.63) is 71.9 Å². The van der Waals surface area contributed by atoms with Gasteiger partial charge in [-0.1, -0.05) is 28.4 Å². The molecule has 1 aliphatic rings. The molecular weight excluding hydrogens is 498 g/mol. The van der Waals surface area contributed by atoms with Crippen molar-refractivity contribution in [2.45, 2.75) is 39.6 Å². The number of amides is 1. The zero-order valence-corrected chi connectivity index (χ0v) is 19.5. The van der Waals surface area contributed by atoms with Crippen molar-refractivity contribution in [2.75, 3.05) is 6.54 Å². The number of alkyl halides is 3. The van der Waals surface area contributed by atoms with Gasteiger partial charge in [0.25, 0.3) is 11.5 Å². The molecule has 1 aliphatic heterocycles. The minimum atomic E-state index is -4.93. The first-order valence-corrected chi connectivity index (χ1v) is 10.9. The second-order valence-electron chi connectivity index (χ2n) is 7.98. The number of aliphatic hydroxyl groups excluding tert-OH is 1. The van der Waals surface area contributed by atoms with Crippen LogP contribution in [-0.2, 0) is 25.7 Å². The summed E-state index contributed by atoms with van der Waals surface area (Å²) in [6.45, 7) is 2.86. The van der Waals surface area contributed by atoms with Gasteiger partial charge in [-0.3, -0.25) is 9.59 Å². The number of rotatable bonds is 4. The fourth-order valence-corrected chi connectivity index (χ4v) is 4.78. The number of carbonyl (C=O) groups is 1. The second kappa shape index (κ2) is 8.75. The van der Waals surface area contributed by atoms with Crippen molar-refractivity contribution in [3.8, 4) is 11.1 Å². The second-order valence-corrected chi connectivity index (χ2v) is 8.77. The highest BCUT2D eigenvalue weighted by Crippen LogP contribution is 2.45. The normalized spacial score (nSPS) is 14.0. The van der Waals surface area contributed by atoms with E-state index >= 15 is 0 Å². The molecule has 2 N–H and O–H groups in total. The summed E-state index contributed by atoms with van der Waals surface area (Å²) in [6, 6.07) is 2.99. The van der Waals surface area contributed by atoms with Crippen LogP contribution >= 0.6 is 23.2 Å². The number of nitrogens with zero attached hydrogens (tertiary/aromatic N) is 2. The van der Waals surface area contributed by atoms with E-state index in [1.165, 1.54) is 11.0 Å². The molecule has 0 radical (unpaired) electrons. The van der Waals surface area contributed by atoms with E-state index in [2.05, 4.69) is 14.7 Å². The lowest BCUT2D eigenvalue weighted by atomic mass is 9.92. The Morgan fingerprint density at radius 2 is 1.91 bits per heavy atom. The van der Waals surface area contributed by atoms with Crippen LogP contribution in [0.5, 0.6) is 0 Å². The lowest BCUT2D eigenvalue weighted by molar-refractivity contribution is -0.154. The predicted molar refractivity (Wildman–Crippen MR) is 118 cm³/mol. The molecule has 0 atom stereocenters. The smallest absolute Gasteiger partial charge is 0.390 e. The zero-order valence-electron chi connectivity index (χ0n) is 17.9. The number of hydrogen-bond donors (Lipinski definition) is 2. The van der Waals surface area contributed by atoms with Gasteiger partial charge in [0.2, 0.25) is 5.76 Å². The number of nitrogens with one attached hydrogen (secondary N) is 1. The molecule has 0 spiro atoms. The number of fused-ring (bicyclic) bond motifs is 1. The van der Waals surface area contributed by atoms with E-state index in [0.29, 0.717) is 22.4 Å². The Hall–Kier alpha value is -2.82. The summed E-state index contributed by atoms with van der Waals surface area (Å²) < 4.78 is 45.1. The first-order valence-electron chi connectivity index (χ1n) is 10.1. The summed E-state index contributed by atoms with van der Waals surface area (Å²) in [5.74, 6) is -2.04. The van der Waals surface area contributed by atoms with Crippen molar-refractivity contribution >= 4 is 29.1 Å². The molecule has 0 aliphatic carbocycles. The molecule has 12 heteroatoms. The molecule has 1 aromatic carbocycles. The Morgan fingerprint density at radius 1 is 1.21 bits per heavy atom. The van der Waals surface area contributed by atoms with Crippen molar-refractivity contribution in [1.29, 1.82) is 0 Å². The number of pyridine rings is 1. The van der Waals surface area contributed by atoms with Crippen molar-refractivity contribution in [2.24, 2.45) is 0 Å². The number of aromatic nitrogens is 2. The quantitative estimate of drug-likeness (QED) is 0.526. The number of hydrogen-bond acceptors (Lipinski definition) is 5. The third kappa shape index (κ3) is 4.10. The number of carbonyl (C=O) groups excluding carboxylic acids is 1. The Balaban J connectivity index is 1.83. The molecule has 0 saturated heterocycles. The van der Waals surface area contributed by atoms with Crippen LogP contribution < -0.4 is 5.56 Å². The lowest BCUT2D eigenvalue weighted by Crippen LogP contribution is -2.39. The van der Waals surface area contributed by atoms with Crippen LogP contribution in [0.25, 0.3) is 11.1 Å². The highest BCUT2D eigenvalue weighted by Gasteiger charge is 2.42. The molecule has 0 unspecified atom stereocenters. The van der Waals surface area contributed by atoms with Gasteiger partial charge in [0.05, 0.1) is 29.3 Å².